The van der Waals surface area contributed by atoms with Crippen molar-refractivity contribution < 1.29 is 27.9 Å². The van der Waals surface area contributed by atoms with Gasteiger partial charge in [0.2, 0.25) is 0 Å². The topological polar surface area (TPSA) is 78.9 Å². The van der Waals surface area contributed by atoms with Crippen molar-refractivity contribution >= 4 is 19.3 Å². The normalized spacial score (nSPS) is 25.6. The van der Waals surface area contributed by atoms with E-state index in [2.05, 4.69) is 0 Å². The van der Waals surface area contributed by atoms with E-state index in [1.165, 1.54) is 13.8 Å². The quantitative estimate of drug-likeness (QED) is 0.408. The summed E-state index contributed by atoms with van der Waals surface area (Å²) < 4.78 is 28.8. The van der Waals surface area contributed by atoms with Crippen molar-refractivity contribution in [1.29, 1.82) is 0 Å². The molecule has 0 amide bonds. The minimum Gasteiger partial charge on any atom is -0.458 e. The van der Waals surface area contributed by atoms with Gasteiger partial charge in [-0.3, -0.25) is 14.2 Å². The molecule has 0 radical (unpaired) electrons. The molecule has 0 saturated carbocycles. The second kappa shape index (κ2) is 7.87. The Hall–Kier alpha value is -0.970. The first kappa shape index (κ1) is 18.1. The highest BCUT2D eigenvalue weighted by atomic mass is 31.2. The van der Waals surface area contributed by atoms with Crippen LogP contribution in [0.4, 0.5) is 0 Å². The fourth-order valence-electron chi connectivity index (χ4n) is 2.56. The van der Waals surface area contributed by atoms with Gasteiger partial charge < -0.3 is 13.8 Å². The highest BCUT2D eigenvalue weighted by molar-refractivity contribution is 7.54. The predicted molar refractivity (Wildman–Crippen MR) is 78.1 cm³/mol. The summed E-state index contributed by atoms with van der Waals surface area (Å²) in [6, 6.07) is 0. The van der Waals surface area contributed by atoms with Crippen LogP contribution in [0, 0.1) is 5.92 Å². The largest absolute Gasteiger partial charge is 0.458 e. The van der Waals surface area contributed by atoms with Crippen molar-refractivity contribution in [2.45, 2.75) is 45.9 Å². The second-order valence-electron chi connectivity index (χ2n) is 4.82. The molecule has 1 aliphatic carbocycles. The molecule has 6 nitrogen and oxygen atoms in total. The predicted octanol–water partition coefficient (Wildman–Crippen LogP) is 2.72. The lowest BCUT2D eigenvalue weighted by atomic mass is 9.88. The monoisotopic (exact) mass is 318 g/mol. The molecule has 1 unspecified atom stereocenters. The Morgan fingerprint density at radius 1 is 1.19 bits per heavy atom. The lowest BCUT2D eigenvalue weighted by molar-refractivity contribution is -0.148. The Morgan fingerprint density at radius 2 is 1.76 bits per heavy atom. The number of hydrogen-bond acceptors (Lipinski definition) is 6. The maximum Gasteiger partial charge on any atom is 0.334 e. The van der Waals surface area contributed by atoms with Crippen LogP contribution in [0.3, 0.4) is 0 Å². The van der Waals surface area contributed by atoms with Gasteiger partial charge in [-0.05, 0) is 33.3 Å². The van der Waals surface area contributed by atoms with Crippen LogP contribution in [-0.4, -0.2) is 36.7 Å². The number of Topliss-reactive ketones (excluding diaryl/α,β-unsaturated/α-hetero) is 1. The molecule has 0 aromatic rings. The van der Waals surface area contributed by atoms with Gasteiger partial charge in [0.1, 0.15) is 11.9 Å². The zero-order valence-electron chi connectivity index (χ0n) is 12.9. The molecule has 0 aromatic carbocycles. The molecule has 0 saturated heterocycles. The maximum atomic E-state index is 12.9. The van der Waals surface area contributed by atoms with Gasteiger partial charge >= 0.3 is 13.6 Å². The Kier molecular flexibility index (Phi) is 6.78. The van der Waals surface area contributed by atoms with Crippen molar-refractivity contribution in [2.24, 2.45) is 5.92 Å². The van der Waals surface area contributed by atoms with Gasteiger partial charge in [0.25, 0.3) is 0 Å². The number of carbonyl (C=O) groups excluding carboxylic acids is 2. The molecule has 0 bridgehead atoms. The molecule has 7 heteroatoms. The van der Waals surface area contributed by atoms with Gasteiger partial charge in [-0.25, -0.2) is 0 Å². The zero-order valence-corrected chi connectivity index (χ0v) is 13.8. The van der Waals surface area contributed by atoms with Gasteiger partial charge in [-0.1, -0.05) is 6.08 Å². The molecule has 0 fully saturated rings. The molecule has 0 heterocycles. The van der Waals surface area contributed by atoms with Gasteiger partial charge in [0.15, 0.2) is 0 Å². The van der Waals surface area contributed by atoms with E-state index in [9.17, 15) is 14.2 Å². The first-order chi connectivity index (χ1) is 9.85. The summed E-state index contributed by atoms with van der Waals surface area (Å²) in [5.74, 6) is -1.41. The van der Waals surface area contributed by atoms with E-state index < -0.39 is 31.2 Å². The van der Waals surface area contributed by atoms with Gasteiger partial charge in [0, 0.05) is 6.92 Å². The van der Waals surface area contributed by atoms with Crippen LogP contribution in [0.15, 0.2) is 12.2 Å². The summed E-state index contributed by atoms with van der Waals surface area (Å²) in [6.45, 7) is 6.56. The van der Waals surface area contributed by atoms with Crippen LogP contribution in [-0.2, 0) is 27.9 Å². The molecule has 21 heavy (non-hydrogen) atoms. The highest BCUT2D eigenvalue weighted by Gasteiger charge is 2.47. The molecule has 0 spiro atoms. The molecule has 120 valence electrons. The van der Waals surface area contributed by atoms with Gasteiger partial charge in [-0.2, -0.15) is 0 Å². The molecular weight excluding hydrogens is 295 g/mol. The summed E-state index contributed by atoms with van der Waals surface area (Å²) in [5.41, 5.74) is -0.635. The maximum absolute atomic E-state index is 12.9. The third kappa shape index (κ3) is 4.50. The van der Waals surface area contributed by atoms with Crippen LogP contribution in [0.2, 0.25) is 0 Å². The van der Waals surface area contributed by atoms with Crippen molar-refractivity contribution in [2.75, 3.05) is 13.2 Å². The summed E-state index contributed by atoms with van der Waals surface area (Å²) in [7, 11) is -3.45. The molecule has 0 aromatic heterocycles. The Morgan fingerprint density at radius 3 is 2.19 bits per heavy atom. The second-order valence-corrected chi connectivity index (χ2v) is 7.08. The number of hydrogen-bond donors (Lipinski definition) is 0. The Balaban J connectivity index is 3.13. The van der Waals surface area contributed by atoms with E-state index in [4.69, 9.17) is 13.8 Å². The first-order valence-electron chi connectivity index (χ1n) is 7.08. The number of carbonyl (C=O) groups is 2. The molecular formula is C14H23O6P. The fourth-order valence-corrected chi connectivity index (χ4v) is 4.89. The van der Waals surface area contributed by atoms with E-state index in [1.807, 2.05) is 0 Å². The Labute approximate surface area is 125 Å². The van der Waals surface area contributed by atoms with Crippen molar-refractivity contribution in [3.05, 3.63) is 12.2 Å². The first-order valence-corrected chi connectivity index (χ1v) is 8.70. The van der Waals surface area contributed by atoms with Crippen LogP contribution in [0.1, 0.15) is 34.1 Å². The highest BCUT2D eigenvalue weighted by Crippen LogP contribution is 2.58. The number of ether oxygens (including phenoxy) is 1. The summed E-state index contributed by atoms with van der Waals surface area (Å²) >= 11 is 0. The fraction of sp³-hybridized carbons (Fsp3) is 0.714. The summed E-state index contributed by atoms with van der Waals surface area (Å²) in [4.78, 5) is 23.2. The van der Waals surface area contributed by atoms with Crippen LogP contribution < -0.4 is 0 Å². The number of rotatable bonds is 7. The molecule has 3 atom stereocenters. The third-order valence-electron chi connectivity index (χ3n) is 3.27. The zero-order chi connectivity index (χ0) is 16.0. The lowest BCUT2D eigenvalue weighted by Crippen LogP contribution is -2.41. The summed E-state index contributed by atoms with van der Waals surface area (Å²) in [6.07, 6.45) is 3.07. The average Bonchev–Trinajstić information content (AvgIpc) is 2.38. The number of ketones is 1. The molecule has 1 aliphatic rings. The number of allylic oxidation sites excluding steroid dienone is 1. The van der Waals surface area contributed by atoms with Crippen molar-refractivity contribution in [1.82, 2.24) is 0 Å². The average molecular weight is 318 g/mol. The van der Waals surface area contributed by atoms with Gasteiger partial charge in [0.05, 0.1) is 24.8 Å². The summed E-state index contributed by atoms with van der Waals surface area (Å²) in [5, 5.41) is 0. The van der Waals surface area contributed by atoms with E-state index in [0.29, 0.717) is 6.42 Å². The molecule has 0 aliphatic heterocycles. The van der Waals surface area contributed by atoms with E-state index in [1.54, 1.807) is 26.0 Å². The Bertz CT molecular complexity index is 448. The minimum absolute atomic E-state index is 0.199. The van der Waals surface area contributed by atoms with E-state index >= 15 is 0 Å². The van der Waals surface area contributed by atoms with Crippen molar-refractivity contribution in [3.63, 3.8) is 0 Å². The van der Waals surface area contributed by atoms with Gasteiger partial charge in [-0.15, -0.1) is 0 Å². The lowest BCUT2D eigenvalue weighted by Gasteiger charge is -2.36. The van der Waals surface area contributed by atoms with Crippen LogP contribution >= 0.6 is 7.60 Å². The molecule has 1 rings (SSSR count). The van der Waals surface area contributed by atoms with E-state index in [-0.39, 0.29) is 19.0 Å². The standard InChI is InChI=1S/C14H23O6P/c1-5-18-21(17,19-6-2)13-9-7-8-12(20-11(4)16)14(13)10(3)15/h7-8,12-14H,5-6,9H2,1-4H3/t12?,13-,14-/m0/s1. The molecule has 0 N–H and O–H groups in total. The van der Waals surface area contributed by atoms with Crippen LogP contribution in [0.5, 0.6) is 0 Å². The number of esters is 1. The van der Waals surface area contributed by atoms with E-state index in [0.717, 1.165) is 0 Å². The van der Waals surface area contributed by atoms with Crippen molar-refractivity contribution in [3.8, 4) is 0 Å². The minimum atomic E-state index is -3.45. The van der Waals surface area contributed by atoms with Crippen LogP contribution in [0.25, 0.3) is 0 Å². The third-order valence-corrected chi connectivity index (χ3v) is 5.85. The SMILES string of the molecule is CCOP(=O)(OCC)[C@H]1CC=CC(OC(C)=O)[C@@H]1C(C)=O. The smallest absolute Gasteiger partial charge is 0.334 e.